The number of hydrogen-bond donors (Lipinski definition) is 2. The Bertz CT molecular complexity index is 800. The van der Waals surface area contributed by atoms with Crippen LogP contribution in [0.1, 0.15) is 75.6 Å². The third-order valence-electron chi connectivity index (χ3n) is 5.06. The van der Waals surface area contributed by atoms with Crippen LogP contribution in [0.3, 0.4) is 0 Å². The molecule has 2 aromatic rings. The molecule has 0 aliphatic carbocycles. The van der Waals surface area contributed by atoms with E-state index in [9.17, 15) is 0 Å². The first kappa shape index (κ1) is 32.3. The van der Waals surface area contributed by atoms with Gasteiger partial charge in [0, 0.05) is 11.4 Å². The van der Waals surface area contributed by atoms with Gasteiger partial charge in [0.1, 0.15) is 0 Å². The van der Waals surface area contributed by atoms with E-state index in [0.717, 1.165) is 49.9 Å². The summed E-state index contributed by atoms with van der Waals surface area (Å²) in [6, 6.07) is 12.7. The molecule has 0 amide bonds. The summed E-state index contributed by atoms with van der Waals surface area (Å²) < 4.78 is 0.844. The minimum Gasteiger partial charge on any atom is -0.411 e. The van der Waals surface area contributed by atoms with E-state index in [0.29, 0.717) is 8.64 Å². The van der Waals surface area contributed by atoms with Gasteiger partial charge in [-0.25, -0.2) is 0 Å². The van der Waals surface area contributed by atoms with Crippen molar-refractivity contribution in [2.45, 2.75) is 79.1 Å². The van der Waals surface area contributed by atoms with Crippen LogP contribution in [0.25, 0.3) is 0 Å². The molecule has 7 heteroatoms. The molecular weight excluding hydrogens is 534 g/mol. The van der Waals surface area contributed by atoms with Gasteiger partial charge in [-0.15, -0.1) is 0 Å². The Morgan fingerprint density at radius 1 is 0.636 bits per heavy atom. The standard InChI is InChI=1S/2C13H19NS2.Zn/c2*1-3-6-10-8-5-9-12(14-13(15)16)11(10)7-4-2;/h2*5,8-9H,3-4,6-7H2,1-2H3,(H2,14,15,16);/q;;+2/p-2. The quantitative estimate of drug-likeness (QED) is 0.173. The van der Waals surface area contributed by atoms with E-state index in [1.54, 1.807) is 0 Å². The Hall–Kier alpha value is -0.717. The Balaban J connectivity index is 0.000000602. The van der Waals surface area contributed by atoms with Gasteiger partial charge in [0.25, 0.3) is 0 Å². The Morgan fingerprint density at radius 2 is 0.970 bits per heavy atom. The molecule has 0 fully saturated rings. The van der Waals surface area contributed by atoms with Crippen LogP contribution in [0.4, 0.5) is 11.4 Å². The van der Waals surface area contributed by atoms with Gasteiger partial charge in [0.15, 0.2) is 0 Å². The number of thiocarbonyl (C=S) groups is 2. The molecule has 0 saturated carbocycles. The summed E-state index contributed by atoms with van der Waals surface area (Å²) in [4.78, 5) is 0. The van der Waals surface area contributed by atoms with Crippen molar-refractivity contribution in [3.63, 3.8) is 0 Å². The molecule has 2 nitrogen and oxygen atoms in total. The molecule has 2 rings (SSSR count). The molecule has 0 spiro atoms. The predicted octanol–water partition coefficient (Wildman–Crippen LogP) is 7.67. The second-order valence-corrected chi connectivity index (χ2v) is 9.86. The number of anilines is 2. The van der Waals surface area contributed by atoms with Crippen molar-refractivity contribution in [1.82, 2.24) is 0 Å². The summed E-state index contributed by atoms with van der Waals surface area (Å²) in [5, 5.41) is 6.21. The molecule has 0 aliphatic rings. The zero-order valence-electron chi connectivity index (χ0n) is 20.5. The van der Waals surface area contributed by atoms with Crippen molar-refractivity contribution >= 4 is 69.7 Å². The summed E-state index contributed by atoms with van der Waals surface area (Å²) in [5.74, 6) is 0. The van der Waals surface area contributed by atoms with Gasteiger partial charge in [-0.2, -0.15) is 0 Å². The average molecular weight is 570 g/mol. The molecule has 0 heterocycles. The van der Waals surface area contributed by atoms with Gasteiger partial charge < -0.3 is 60.3 Å². The average Bonchev–Trinajstić information content (AvgIpc) is 2.73. The van der Waals surface area contributed by atoms with E-state index in [1.165, 1.54) is 35.1 Å². The van der Waals surface area contributed by atoms with Crippen molar-refractivity contribution in [1.29, 1.82) is 0 Å². The van der Waals surface area contributed by atoms with Crippen LogP contribution >= 0.6 is 24.4 Å². The molecule has 176 valence electrons. The molecule has 33 heavy (non-hydrogen) atoms. The van der Waals surface area contributed by atoms with Gasteiger partial charge in [0.2, 0.25) is 0 Å². The van der Waals surface area contributed by atoms with Crippen molar-refractivity contribution in [3.8, 4) is 0 Å². The van der Waals surface area contributed by atoms with Gasteiger partial charge in [-0.3, -0.25) is 0 Å². The number of aryl methyl sites for hydroxylation is 2. The fraction of sp³-hybridized carbons (Fsp3) is 0.462. The van der Waals surface area contributed by atoms with E-state index in [2.05, 4.69) is 74.7 Å². The van der Waals surface area contributed by atoms with Crippen LogP contribution in [0.15, 0.2) is 36.4 Å². The van der Waals surface area contributed by atoms with Crippen LogP contribution in [0, 0.1) is 0 Å². The minimum atomic E-state index is 0. The third kappa shape index (κ3) is 12.0. The summed E-state index contributed by atoms with van der Waals surface area (Å²) in [7, 11) is 0. The fourth-order valence-electron chi connectivity index (χ4n) is 3.82. The normalized spacial score (nSPS) is 9.82. The monoisotopic (exact) mass is 568 g/mol. The third-order valence-corrected chi connectivity index (χ3v) is 5.47. The first-order valence-electron chi connectivity index (χ1n) is 11.5. The molecule has 0 aliphatic heterocycles. The number of benzene rings is 2. The largest absolute Gasteiger partial charge is 2.00 e. The number of rotatable bonds is 10. The minimum absolute atomic E-state index is 0. The Morgan fingerprint density at radius 3 is 1.24 bits per heavy atom. The molecule has 0 bridgehead atoms. The number of nitrogens with one attached hydrogen (secondary N) is 2. The van der Waals surface area contributed by atoms with E-state index >= 15 is 0 Å². The van der Waals surface area contributed by atoms with Crippen molar-refractivity contribution in [2.24, 2.45) is 0 Å². The van der Waals surface area contributed by atoms with E-state index in [1.807, 2.05) is 0 Å². The van der Waals surface area contributed by atoms with E-state index < -0.39 is 0 Å². The molecule has 0 aromatic heterocycles. The summed E-state index contributed by atoms with van der Waals surface area (Å²) in [6.07, 6.45) is 9.01. The molecule has 0 saturated heterocycles. The first-order chi connectivity index (χ1) is 15.4. The van der Waals surface area contributed by atoms with Crippen LogP contribution in [0.5, 0.6) is 0 Å². The predicted molar refractivity (Wildman–Crippen MR) is 156 cm³/mol. The Labute approximate surface area is 236 Å². The summed E-state index contributed by atoms with van der Waals surface area (Å²) in [6.45, 7) is 8.79. The van der Waals surface area contributed by atoms with E-state index in [-0.39, 0.29) is 19.5 Å². The maximum Gasteiger partial charge on any atom is 2.00 e. The van der Waals surface area contributed by atoms with Gasteiger partial charge in [-0.05, 0) is 60.1 Å². The smallest absolute Gasteiger partial charge is 0.411 e. The molecule has 0 atom stereocenters. The molecule has 0 unspecified atom stereocenters. The maximum atomic E-state index is 4.93. The van der Waals surface area contributed by atoms with Crippen LogP contribution in [-0.2, 0) is 70.4 Å². The second-order valence-electron chi connectivity index (χ2n) is 7.71. The van der Waals surface area contributed by atoms with Crippen LogP contribution < -0.4 is 10.6 Å². The molecule has 2 aromatic carbocycles. The van der Waals surface area contributed by atoms with Crippen molar-refractivity contribution in [2.75, 3.05) is 10.6 Å². The fourth-order valence-corrected chi connectivity index (χ4v) is 4.26. The van der Waals surface area contributed by atoms with Gasteiger partial charge >= 0.3 is 19.5 Å². The van der Waals surface area contributed by atoms with Crippen LogP contribution in [0.2, 0.25) is 0 Å². The topological polar surface area (TPSA) is 24.1 Å². The second kappa shape index (κ2) is 18.6. The van der Waals surface area contributed by atoms with Crippen molar-refractivity contribution < 1.29 is 19.5 Å². The SMILES string of the molecule is CCCc1cccc(NC(=S)[S-])c1CCC.CCCc1cccc(NC(=S)[S-])c1CCC.[Zn+2]. The van der Waals surface area contributed by atoms with Gasteiger partial charge in [0.05, 0.1) is 0 Å². The zero-order chi connectivity index (χ0) is 23.9. The Kier molecular flexibility index (Phi) is 18.2. The molecule has 2 N–H and O–H groups in total. The number of hydrogen-bond acceptors (Lipinski definition) is 4. The zero-order valence-corrected chi connectivity index (χ0v) is 26.7. The first-order valence-corrected chi connectivity index (χ1v) is 13.2. The summed E-state index contributed by atoms with van der Waals surface area (Å²) >= 11 is 19.7. The van der Waals surface area contributed by atoms with E-state index in [4.69, 9.17) is 49.7 Å². The maximum absolute atomic E-state index is 4.93. The van der Waals surface area contributed by atoms with Gasteiger partial charge in [-0.1, -0.05) is 86.3 Å². The van der Waals surface area contributed by atoms with Crippen LogP contribution in [-0.4, -0.2) is 8.64 Å². The molecular formula is C26H36N2S4Zn. The van der Waals surface area contributed by atoms with Crippen molar-refractivity contribution in [3.05, 3.63) is 58.7 Å². The summed E-state index contributed by atoms with van der Waals surface area (Å²) in [5.41, 5.74) is 7.76. The molecule has 0 radical (unpaired) electrons.